The summed E-state index contributed by atoms with van der Waals surface area (Å²) in [6, 6.07) is 5.27. The fraction of sp³-hybridized carbons (Fsp3) is 0.529. The molecule has 2 fully saturated rings. The highest BCUT2D eigenvalue weighted by Crippen LogP contribution is 2.49. The van der Waals surface area contributed by atoms with E-state index in [1.807, 2.05) is 13.0 Å². The zero-order valence-corrected chi connectivity index (χ0v) is 12.2. The monoisotopic (exact) mass is 284 g/mol. The minimum Gasteiger partial charge on any atom is -0.478 e. The highest BCUT2D eigenvalue weighted by atomic mass is 16.4. The number of rotatable bonds is 3. The minimum absolute atomic E-state index is 0.312. The van der Waals surface area contributed by atoms with Crippen LogP contribution >= 0.6 is 0 Å². The third-order valence-electron chi connectivity index (χ3n) is 5.49. The van der Waals surface area contributed by atoms with E-state index in [0.717, 1.165) is 41.2 Å². The Morgan fingerprint density at radius 2 is 2.24 bits per heavy atom. The van der Waals surface area contributed by atoms with Crippen molar-refractivity contribution < 1.29 is 9.90 Å². The number of carbonyl (C=O) groups is 1. The third kappa shape index (κ3) is 2.04. The van der Waals surface area contributed by atoms with Crippen LogP contribution in [0, 0.1) is 24.7 Å². The molecule has 2 aliphatic carbocycles. The summed E-state index contributed by atoms with van der Waals surface area (Å²) in [6.45, 7) is 3.06. The van der Waals surface area contributed by atoms with Crippen molar-refractivity contribution in [1.82, 2.24) is 9.55 Å². The Labute approximate surface area is 123 Å². The van der Waals surface area contributed by atoms with Gasteiger partial charge in [0.1, 0.15) is 5.82 Å². The zero-order chi connectivity index (χ0) is 14.6. The first-order chi connectivity index (χ1) is 10.1. The van der Waals surface area contributed by atoms with Crippen molar-refractivity contribution >= 4 is 17.0 Å². The van der Waals surface area contributed by atoms with Crippen molar-refractivity contribution in [2.45, 2.75) is 39.2 Å². The lowest BCUT2D eigenvalue weighted by atomic mass is 9.89. The van der Waals surface area contributed by atoms with Gasteiger partial charge in [-0.15, -0.1) is 0 Å². The van der Waals surface area contributed by atoms with E-state index in [4.69, 9.17) is 5.11 Å². The van der Waals surface area contributed by atoms with E-state index in [1.165, 1.54) is 25.7 Å². The molecule has 110 valence electrons. The zero-order valence-electron chi connectivity index (χ0n) is 12.2. The Morgan fingerprint density at radius 1 is 1.38 bits per heavy atom. The second-order valence-electron chi connectivity index (χ2n) is 6.71. The lowest BCUT2D eigenvalue weighted by Crippen LogP contribution is -2.18. The molecule has 21 heavy (non-hydrogen) atoms. The van der Waals surface area contributed by atoms with Crippen molar-refractivity contribution in [2.75, 3.05) is 0 Å². The van der Waals surface area contributed by atoms with Crippen molar-refractivity contribution in [1.29, 1.82) is 0 Å². The maximum absolute atomic E-state index is 11.1. The highest BCUT2D eigenvalue weighted by Gasteiger charge is 2.39. The SMILES string of the molecule is Cc1nc2cc(C(=O)O)ccc2n1CC1CC2CCC1C2. The predicted octanol–water partition coefficient (Wildman–Crippen LogP) is 3.48. The van der Waals surface area contributed by atoms with Crippen LogP contribution in [0.25, 0.3) is 11.0 Å². The first-order valence-corrected chi connectivity index (χ1v) is 7.82. The van der Waals surface area contributed by atoms with Gasteiger partial charge < -0.3 is 9.67 Å². The van der Waals surface area contributed by atoms with Gasteiger partial charge in [0.05, 0.1) is 16.6 Å². The number of benzene rings is 1. The molecule has 2 saturated carbocycles. The maximum Gasteiger partial charge on any atom is 0.335 e. The fourth-order valence-corrected chi connectivity index (χ4v) is 4.45. The van der Waals surface area contributed by atoms with E-state index < -0.39 is 5.97 Å². The molecule has 0 radical (unpaired) electrons. The molecule has 3 atom stereocenters. The number of imidazole rings is 1. The summed E-state index contributed by atoms with van der Waals surface area (Å²) in [4.78, 5) is 15.6. The number of hydrogen-bond donors (Lipinski definition) is 1. The second kappa shape index (κ2) is 4.58. The number of carboxylic acid groups (broad SMARTS) is 1. The summed E-state index contributed by atoms with van der Waals surface area (Å²) in [5, 5.41) is 9.09. The number of hydrogen-bond acceptors (Lipinski definition) is 2. The third-order valence-corrected chi connectivity index (χ3v) is 5.49. The van der Waals surface area contributed by atoms with Gasteiger partial charge in [0.25, 0.3) is 0 Å². The highest BCUT2D eigenvalue weighted by molar-refractivity contribution is 5.92. The Hall–Kier alpha value is -1.84. The Bertz CT molecular complexity index is 719. The molecule has 4 heteroatoms. The van der Waals surface area contributed by atoms with Crippen molar-refractivity contribution in [3.05, 3.63) is 29.6 Å². The molecule has 2 aromatic rings. The Balaban J connectivity index is 1.68. The molecule has 2 aliphatic rings. The molecule has 1 N–H and O–H groups in total. The smallest absolute Gasteiger partial charge is 0.335 e. The van der Waals surface area contributed by atoms with E-state index in [-0.39, 0.29) is 0 Å². The summed E-state index contributed by atoms with van der Waals surface area (Å²) in [5.74, 6) is 2.73. The van der Waals surface area contributed by atoms with E-state index >= 15 is 0 Å². The van der Waals surface area contributed by atoms with Gasteiger partial charge in [-0.05, 0) is 62.1 Å². The van der Waals surface area contributed by atoms with Crippen molar-refractivity contribution in [2.24, 2.45) is 17.8 Å². The molecule has 2 bridgehead atoms. The average Bonchev–Trinajstić information content (AvgIpc) is 3.13. The van der Waals surface area contributed by atoms with Crippen LogP contribution in [-0.2, 0) is 6.54 Å². The van der Waals surface area contributed by atoms with E-state index in [2.05, 4.69) is 9.55 Å². The molecule has 0 amide bonds. The normalized spacial score (nSPS) is 27.6. The van der Waals surface area contributed by atoms with Crippen LogP contribution in [0.4, 0.5) is 0 Å². The molecule has 3 unspecified atom stereocenters. The van der Waals surface area contributed by atoms with Gasteiger partial charge in [0.15, 0.2) is 0 Å². The molecule has 1 aromatic heterocycles. The molecular weight excluding hydrogens is 264 g/mol. The molecular formula is C17H20N2O2. The van der Waals surface area contributed by atoms with E-state index in [1.54, 1.807) is 12.1 Å². The summed E-state index contributed by atoms with van der Waals surface area (Å²) >= 11 is 0. The Morgan fingerprint density at radius 3 is 2.90 bits per heavy atom. The van der Waals surface area contributed by atoms with Crippen LogP contribution < -0.4 is 0 Å². The van der Waals surface area contributed by atoms with Gasteiger partial charge in [-0.1, -0.05) is 6.42 Å². The van der Waals surface area contributed by atoms with Gasteiger partial charge in [-0.2, -0.15) is 0 Å². The quantitative estimate of drug-likeness (QED) is 0.938. The number of aryl methyl sites for hydroxylation is 1. The van der Waals surface area contributed by atoms with Crippen LogP contribution in [0.15, 0.2) is 18.2 Å². The van der Waals surface area contributed by atoms with Gasteiger partial charge in [0, 0.05) is 6.54 Å². The number of aromatic carboxylic acids is 1. The number of aromatic nitrogens is 2. The molecule has 0 aliphatic heterocycles. The standard InChI is InChI=1S/C17H20N2O2/c1-10-18-15-8-13(17(20)21)4-5-16(15)19(10)9-14-7-11-2-3-12(14)6-11/h4-5,8,11-12,14H,2-3,6-7,9H2,1H3,(H,20,21). The first kappa shape index (κ1) is 12.9. The number of fused-ring (bicyclic) bond motifs is 3. The van der Waals surface area contributed by atoms with Crippen LogP contribution in [0.1, 0.15) is 41.9 Å². The Kier molecular flexibility index (Phi) is 2.81. The van der Waals surface area contributed by atoms with Crippen LogP contribution in [0.3, 0.4) is 0 Å². The van der Waals surface area contributed by atoms with E-state index in [9.17, 15) is 4.79 Å². The topological polar surface area (TPSA) is 55.1 Å². The summed E-state index contributed by atoms with van der Waals surface area (Å²) < 4.78 is 2.28. The largest absolute Gasteiger partial charge is 0.478 e. The molecule has 4 rings (SSSR count). The van der Waals surface area contributed by atoms with Crippen molar-refractivity contribution in [3.63, 3.8) is 0 Å². The predicted molar refractivity (Wildman–Crippen MR) is 80.4 cm³/mol. The van der Waals surface area contributed by atoms with Gasteiger partial charge in [-0.25, -0.2) is 9.78 Å². The number of carboxylic acids is 1. The minimum atomic E-state index is -0.891. The summed E-state index contributed by atoms with van der Waals surface area (Å²) in [7, 11) is 0. The molecule has 0 saturated heterocycles. The summed E-state index contributed by atoms with van der Waals surface area (Å²) in [5.41, 5.74) is 2.18. The van der Waals surface area contributed by atoms with Gasteiger partial charge >= 0.3 is 5.97 Å². The van der Waals surface area contributed by atoms with Crippen LogP contribution in [0.2, 0.25) is 0 Å². The fourth-order valence-electron chi connectivity index (χ4n) is 4.45. The first-order valence-electron chi connectivity index (χ1n) is 7.82. The van der Waals surface area contributed by atoms with Crippen molar-refractivity contribution in [3.8, 4) is 0 Å². The molecule has 1 aromatic carbocycles. The average molecular weight is 284 g/mol. The molecule has 4 nitrogen and oxygen atoms in total. The number of nitrogens with zero attached hydrogens (tertiary/aromatic N) is 2. The van der Waals surface area contributed by atoms with Crippen LogP contribution in [-0.4, -0.2) is 20.6 Å². The molecule has 1 heterocycles. The van der Waals surface area contributed by atoms with E-state index in [0.29, 0.717) is 5.56 Å². The molecule has 0 spiro atoms. The second-order valence-corrected chi connectivity index (χ2v) is 6.71. The maximum atomic E-state index is 11.1. The van der Waals surface area contributed by atoms with Crippen LogP contribution in [0.5, 0.6) is 0 Å². The van der Waals surface area contributed by atoms with Gasteiger partial charge in [-0.3, -0.25) is 0 Å². The summed E-state index contributed by atoms with van der Waals surface area (Å²) in [6.07, 6.45) is 5.59. The van der Waals surface area contributed by atoms with Gasteiger partial charge in [0.2, 0.25) is 0 Å². The lowest BCUT2D eigenvalue weighted by molar-refractivity contribution is 0.0697. The lowest BCUT2D eigenvalue weighted by Gasteiger charge is -2.23.